The van der Waals surface area contributed by atoms with E-state index in [0.29, 0.717) is 10.4 Å². The summed E-state index contributed by atoms with van der Waals surface area (Å²) in [5.74, 6) is -0.372. The van der Waals surface area contributed by atoms with Crippen molar-refractivity contribution in [1.29, 1.82) is 0 Å². The molecule has 0 saturated carbocycles. The maximum absolute atomic E-state index is 13.1. The highest BCUT2D eigenvalue weighted by Crippen LogP contribution is 2.30. The summed E-state index contributed by atoms with van der Waals surface area (Å²) in [7, 11) is 0. The fourth-order valence-electron chi connectivity index (χ4n) is 1.29. The van der Waals surface area contributed by atoms with Gasteiger partial charge in [0.25, 0.3) is 0 Å². The van der Waals surface area contributed by atoms with Gasteiger partial charge >= 0.3 is 0 Å². The van der Waals surface area contributed by atoms with Crippen LogP contribution >= 0.6 is 11.3 Å². The van der Waals surface area contributed by atoms with Crippen LogP contribution in [0.15, 0.2) is 28.4 Å². The highest BCUT2D eigenvalue weighted by Gasteiger charge is 2.19. The molecule has 2 aromatic rings. The summed E-state index contributed by atoms with van der Waals surface area (Å²) in [5, 5.41) is 11.5. The Hall–Kier alpha value is -1.13. The average Bonchev–Trinajstić information content (AvgIpc) is 2.73. The number of aliphatic hydroxyl groups excluding tert-OH is 1. The molecule has 2 nitrogen and oxygen atoms in total. The molecule has 0 saturated heterocycles. The maximum Gasteiger partial charge on any atom is 0.140 e. The van der Waals surface area contributed by atoms with E-state index in [1.807, 2.05) is 6.92 Å². The third-order valence-corrected chi connectivity index (χ3v) is 3.03. The Kier molecular flexibility index (Phi) is 2.39. The Morgan fingerprint density at radius 3 is 2.79 bits per heavy atom. The van der Waals surface area contributed by atoms with Gasteiger partial charge in [-0.2, -0.15) is 0 Å². The molecule has 2 heterocycles. The molecule has 74 valence electrons. The predicted octanol–water partition coefficient (Wildman–Crippen LogP) is 2.87. The number of rotatable bonds is 2. The van der Waals surface area contributed by atoms with Crippen LogP contribution in [0.25, 0.3) is 0 Å². The van der Waals surface area contributed by atoms with E-state index in [-0.39, 0.29) is 5.82 Å². The molecule has 0 fully saturated rings. The van der Waals surface area contributed by atoms with Gasteiger partial charge in [-0.15, -0.1) is 11.3 Å². The molecule has 0 spiro atoms. The monoisotopic (exact) mass is 212 g/mol. The van der Waals surface area contributed by atoms with Gasteiger partial charge in [-0.25, -0.2) is 4.39 Å². The largest absolute Gasteiger partial charge is 0.472 e. The topological polar surface area (TPSA) is 33.4 Å². The molecular formula is C10H9FO2S. The molecular weight excluding hydrogens is 203 g/mol. The van der Waals surface area contributed by atoms with Crippen molar-refractivity contribution in [3.8, 4) is 0 Å². The van der Waals surface area contributed by atoms with Gasteiger partial charge in [-0.05, 0) is 23.9 Å². The maximum atomic E-state index is 13.1. The standard InChI is InChI=1S/C10H9FO2S/c1-6-4-13-5-7(6)9(12)10-8(11)2-3-14-10/h2-5,9,12H,1H3. The van der Waals surface area contributed by atoms with Gasteiger partial charge in [0.1, 0.15) is 11.9 Å². The molecule has 2 rings (SSSR count). The molecule has 1 unspecified atom stereocenters. The van der Waals surface area contributed by atoms with Crippen molar-refractivity contribution in [2.24, 2.45) is 0 Å². The van der Waals surface area contributed by atoms with Gasteiger partial charge in [0, 0.05) is 5.56 Å². The van der Waals surface area contributed by atoms with E-state index in [1.54, 1.807) is 5.38 Å². The summed E-state index contributed by atoms with van der Waals surface area (Å²) in [4.78, 5) is 0.328. The third kappa shape index (κ3) is 1.47. The molecule has 4 heteroatoms. The highest BCUT2D eigenvalue weighted by molar-refractivity contribution is 7.10. The summed E-state index contributed by atoms with van der Waals surface area (Å²) in [6, 6.07) is 1.35. The lowest BCUT2D eigenvalue weighted by atomic mass is 10.1. The minimum atomic E-state index is -0.922. The van der Waals surface area contributed by atoms with Crippen LogP contribution < -0.4 is 0 Å². The van der Waals surface area contributed by atoms with E-state index in [9.17, 15) is 9.50 Å². The first-order valence-corrected chi connectivity index (χ1v) is 5.01. The first kappa shape index (κ1) is 9.43. The molecule has 0 amide bonds. The van der Waals surface area contributed by atoms with Crippen molar-refractivity contribution in [2.75, 3.05) is 0 Å². The van der Waals surface area contributed by atoms with Gasteiger partial charge in [0.15, 0.2) is 0 Å². The second-order valence-electron chi connectivity index (χ2n) is 3.05. The van der Waals surface area contributed by atoms with E-state index >= 15 is 0 Å². The zero-order valence-corrected chi connectivity index (χ0v) is 8.34. The van der Waals surface area contributed by atoms with E-state index in [1.165, 1.54) is 29.9 Å². The average molecular weight is 212 g/mol. The molecule has 1 N–H and O–H groups in total. The number of hydrogen-bond donors (Lipinski definition) is 1. The van der Waals surface area contributed by atoms with E-state index in [0.717, 1.165) is 5.56 Å². The van der Waals surface area contributed by atoms with Crippen LogP contribution in [0.3, 0.4) is 0 Å². The molecule has 1 atom stereocenters. The summed E-state index contributed by atoms with van der Waals surface area (Å²) in [5.41, 5.74) is 1.44. The van der Waals surface area contributed by atoms with Gasteiger partial charge in [-0.3, -0.25) is 0 Å². The predicted molar refractivity (Wildman–Crippen MR) is 51.8 cm³/mol. The Bertz CT molecular complexity index is 393. The quantitative estimate of drug-likeness (QED) is 0.830. The SMILES string of the molecule is Cc1cocc1C(O)c1sccc1F. The summed E-state index contributed by atoms with van der Waals surface area (Å²) >= 11 is 1.20. The number of aliphatic hydroxyl groups is 1. The second kappa shape index (κ2) is 3.55. The van der Waals surface area contributed by atoms with Crippen LogP contribution in [0.1, 0.15) is 22.1 Å². The van der Waals surface area contributed by atoms with Gasteiger partial charge in [0.05, 0.1) is 17.4 Å². The van der Waals surface area contributed by atoms with E-state index in [4.69, 9.17) is 4.42 Å². The van der Waals surface area contributed by atoms with Gasteiger partial charge in [0.2, 0.25) is 0 Å². The van der Waals surface area contributed by atoms with Crippen molar-refractivity contribution in [3.05, 3.63) is 45.8 Å². The van der Waals surface area contributed by atoms with Gasteiger partial charge < -0.3 is 9.52 Å². The molecule has 0 radical (unpaired) electrons. The third-order valence-electron chi connectivity index (χ3n) is 2.08. The minimum absolute atomic E-state index is 0.328. The number of furan rings is 1. The van der Waals surface area contributed by atoms with Crippen molar-refractivity contribution < 1.29 is 13.9 Å². The Balaban J connectivity index is 2.38. The number of aryl methyl sites for hydroxylation is 1. The van der Waals surface area contributed by atoms with E-state index in [2.05, 4.69) is 0 Å². The summed E-state index contributed by atoms with van der Waals surface area (Å²) in [6.07, 6.45) is 2.05. The first-order valence-electron chi connectivity index (χ1n) is 4.14. The van der Waals surface area contributed by atoms with Crippen LogP contribution in [0.4, 0.5) is 4.39 Å². The van der Waals surface area contributed by atoms with Crippen LogP contribution in [0, 0.1) is 12.7 Å². The van der Waals surface area contributed by atoms with Crippen LogP contribution in [-0.2, 0) is 0 Å². The van der Waals surface area contributed by atoms with Crippen LogP contribution in [0.5, 0.6) is 0 Å². The zero-order chi connectivity index (χ0) is 10.1. The number of thiophene rings is 1. The Morgan fingerprint density at radius 2 is 2.29 bits per heavy atom. The Morgan fingerprint density at radius 1 is 1.50 bits per heavy atom. The number of halogens is 1. The van der Waals surface area contributed by atoms with Crippen molar-refractivity contribution in [3.63, 3.8) is 0 Å². The highest BCUT2D eigenvalue weighted by atomic mass is 32.1. The summed E-state index contributed by atoms with van der Waals surface area (Å²) < 4.78 is 18.1. The van der Waals surface area contributed by atoms with Crippen LogP contribution in [0.2, 0.25) is 0 Å². The van der Waals surface area contributed by atoms with E-state index < -0.39 is 6.10 Å². The molecule has 2 aromatic heterocycles. The molecule has 0 aliphatic carbocycles. The normalized spacial score (nSPS) is 13.1. The minimum Gasteiger partial charge on any atom is -0.472 e. The number of hydrogen-bond acceptors (Lipinski definition) is 3. The molecule has 14 heavy (non-hydrogen) atoms. The zero-order valence-electron chi connectivity index (χ0n) is 7.53. The molecule has 0 bridgehead atoms. The lowest BCUT2D eigenvalue weighted by molar-refractivity contribution is 0.218. The molecule has 0 aromatic carbocycles. The van der Waals surface area contributed by atoms with Crippen molar-refractivity contribution in [1.82, 2.24) is 0 Å². The lowest BCUT2D eigenvalue weighted by Gasteiger charge is -2.06. The molecule has 0 aliphatic rings. The van der Waals surface area contributed by atoms with Gasteiger partial charge in [-0.1, -0.05) is 0 Å². The fraction of sp³-hybridized carbons (Fsp3) is 0.200. The fourth-order valence-corrected chi connectivity index (χ4v) is 2.06. The first-order chi connectivity index (χ1) is 6.70. The van der Waals surface area contributed by atoms with Crippen molar-refractivity contribution >= 4 is 11.3 Å². The van der Waals surface area contributed by atoms with Crippen LogP contribution in [-0.4, -0.2) is 5.11 Å². The Labute approximate surface area is 84.6 Å². The summed E-state index contributed by atoms with van der Waals surface area (Å²) in [6.45, 7) is 1.81. The lowest BCUT2D eigenvalue weighted by Crippen LogP contribution is -1.99. The smallest absolute Gasteiger partial charge is 0.140 e. The molecule has 0 aliphatic heterocycles. The van der Waals surface area contributed by atoms with Crippen molar-refractivity contribution in [2.45, 2.75) is 13.0 Å². The second-order valence-corrected chi connectivity index (χ2v) is 3.99.